The number of nitrogens with one attached hydrogen (secondary N) is 2. The summed E-state index contributed by atoms with van der Waals surface area (Å²) in [4.78, 5) is 16.0. The molecule has 0 amide bonds. The van der Waals surface area contributed by atoms with Crippen LogP contribution in [0.15, 0.2) is 48.5 Å². The Morgan fingerprint density at radius 3 is 1.04 bits per heavy atom. The fraction of sp³-hybridized carbons (Fsp3) is 0. The van der Waals surface area contributed by atoms with Gasteiger partial charge in [0.05, 0.1) is 22.8 Å². The lowest BCUT2D eigenvalue weighted by atomic mass is 10.3. The number of halogens is 1. The van der Waals surface area contributed by atoms with Gasteiger partial charge < -0.3 is 9.97 Å². The van der Waals surface area contributed by atoms with E-state index in [2.05, 4.69) is 44.2 Å². The minimum absolute atomic E-state index is 0. The van der Waals surface area contributed by atoms with E-state index in [1.54, 1.807) is 0 Å². The first kappa shape index (κ1) is 15.1. The maximum Gasteiger partial charge on any atom is 0.0658 e. The predicted octanol–water partition coefficient (Wildman–Crippen LogP) is 4.81. The Balaban J connectivity index is 0.00000157. The molecule has 5 heteroatoms. The van der Waals surface area contributed by atoms with Crippen LogP contribution >= 0.6 is 0 Å². The minimum Gasteiger partial charge on any atom is -0.355 e. The molecular formula is C20H15FN4. The van der Waals surface area contributed by atoms with Gasteiger partial charge in [0.1, 0.15) is 0 Å². The molecule has 122 valence electrons. The Labute approximate surface area is 143 Å². The third-order valence-corrected chi connectivity index (χ3v) is 4.04. The highest BCUT2D eigenvalue weighted by atomic mass is 19.0. The first-order valence-corrected chi connectivity index (χ1v) is 7.85. The molecule has 2 aliphatic rings. The van der Waals surface area contributed by atoms with E-state index < -0.39 is 0 Å². The predicted molar refractivity (Wildman–Crippen MR) is 101 cm³/mol. The van der Waals surface area contributed by atoms with Crippen molar-refractivity contribution in [3.63, 3.8) is 0 Å². The molecule has 0 unspecified atom stereocenters. The quantitative estimate of drug-likeness (QED) is 0.428. The number of aromatic amines is 2. The molecular weight excluding hydrogens is 315 g/mol. The van der Waals surface area contributed by atoms with Crippen molar-refractivity contribution in [3.05, 3.63) is 71.3 Å². The molecule has 2 N–H and O–H groups in total. The fourth-order valence-corrected chi connectivity index (χ4v) is 2.94. The third-order valence-electron chi connectivity index (χ3n) is 4.04. The van der Waals surface area contributed by atoms with E-state index in [0.717, 1.165) is 44.8 Å². The van der Waals surface area contributed by atoms with Gasteiger partial charge in [-0.15, -0.1) is 0 Å². The van der Waals surface area contributed by atoms with E-state index in [1.807, 2.05) is 48.6 Å². The summed E-state index contributed by atoms with van der Waals surface area (Å²) in [5.74, 6) is 0. The largest absolute Gasteiger partial charge is 0.355 e. The second kappa shape index (κ2) is 5.87. The lowest BCUT2D eigenvalue weighted by Gasteiger charge is -1.85. The standard InChI is InChI=1S/C20H14N4.FH/c1-2-14-10-16-5-6-18(23-16)12-20-8-7-19(24-20)11-17-4-3-15(22-17)9-13(1)21-14;/h1-12,21,24H;1H. The van der Waals surface area contributed by atoms with E-state index in [1.165, 1.54) is 0 Å². The Kier molecular flexibility index (Phi) is 3.54. The van der Waals surface area contributed by atoms with Crippen LogP contribution in [0.1, 0.15) is 22.8 Å². The molecule has 0 aliphatic carbocycles. The van der Waals surface area contributed by atoms with Crippen molar-refractivity contribution in [2.24, 2.45) is 0 Å². The molecule has 5 heterocycles. The van der Waals surface area contributed by atoms with Crippen molar-refractivity contribution in [3.8, 4) is 0 Å². The molecule has 0 atom stereocenters. The molecule has 0 saturated heterocycles. The van der Waals surface area contributed by atoms with Crippen LogP contribution in [-0.4, -0.2) is 19.9 Å². The van der Waals surface area contributed by atoms with Gasteiger partial charge in [-0.2, -0.15) is 0 Å². The monoisotopic (exact) mass is 330 g/mol. The Hall–Kier alpha value is -3.47. The number of hydrogen-bond acceptors (Lipinski definition) is 2. The van der Waals surface area contributed by atoms with Gasteiger partial charge in [-0.1, -0.05) is 0 Å². The van der Waals surface area contributed by atoms with E-state index >= 15 is 0 Å². The summed E-state index contributed by atoms with van der Waals surface area (Å²) >= 11 is 0. The smallest absolute Gasteiger partial charge is 0.0658 e. The van der Waals surface area contributed by atoms with Crippen LogP contribution in [0, 0.1) is 0 Å². The zero-order valence-electron chi connectivity index (χ0n) is 13.2. The van der Waals surface area contributed by atoms with Crippen molar-refractivity contribution in [1.82, 2.24) is 19.9 Å². The van der Waals surface area contributed by atoms with Crippen molar-refractivity contribution in [1.29, 1.82) is 0 Å². The number of rotatable bonds is 0. The fourth-order valence-electron chi connectivity index (χ4n) is 2.94. The molecule has 8 bridgehead atoms. The average Bonchev–Trinajstić information content (AvgIpc) is 3.32. The van der Waals surface area contributed by atoms with Crippen molar-refractivity contribution in [2.75, 3.05) is 0 Å². The molecule has 4 nitrogen and oxygen atoms in total. The summed E-state index contributed by atoms with van der Waals surface area (Å²) in [5.41, 5.74) is 7.86. The van der Waals surface area contributed by atoms with Crippen LogP contribution in [0.2, 0.25) is 0 Å². The highest BCUT2D eigenvalue weighted by Crippen LogP contribution is 2.16. The molecule has 0 radical (unpaired) electrons. The molecule has 0 saturated carbocycles. The second-order valence-electron chi connectivity index (χ2n) is 5.91. The van der Waals surface area contributed by atoms with E-state index in [0.29, 0.717) is 0 Å². The summed E-state index contributed by atoms with van der Waals surface area (Å²) < 4.78 is 0. The minimum atomic E-state index is 0. The van der Waals surface area contributed by atoms with Gasteiger partial charge in [-0.3, -0.25) is 4.70 Å². The molecule has 0 fully saturated rings. The third kappa shape index (κ3) is 2.99. The summed E-state index contributed by atoms with van der Waals surface area (Å²) in [6.07, 6.45) is 8.09. The van der Waals surface area contributed by atoms with Gasteiger partial charge in [0, 0.05) is 22.1 Å². The van der Waals surface area contributed by atoms with Crippen molar-refractivity contribution >= 4 is 46.4 Å². The Bertz CT molecular complexity index is 990. The molecule has 3 aromatic rings. The van der Waals surface area contributed by atoms with Crippen molar-refractivity contribution in [2.45, 2.75) is 0 Å². The first-order valence-electron chi connectivity index (χ1n) is 7.85. The summed E-state index contributed by atoms with van der Waals surface area (Å²) in [6, 6.07) is 16.4. The number of aromatic nitrogens is 4. The van der Waals surface area contributed by atoms with Crippen LogP contribution in [0.5, 0.6) is 0 Å². The van der Waals surface area contributed by atoms with Crippen LogP contribution in [0.4, 0.5) is 4.70 Å². The topological polar surface area (TPSA) is 57.4 Å². The number of fused-ring (bicyclic) bond motifs is 8. The molecule has 2 aliphatic heterocycles. The van der Waals surface area contributed by atoms with Gasteiger partial charge >= 0.3 is 0 Å². The normalized spacial score (nSPS) is 12.2. The maximum atomic E-state index is 4.63. The molecule has 3 aromatic heterocycles. The molecule has 25 heavy (non-hydrogen) atoms. The van der Waals surface area contributed by atoms with Crippen LogP contribution in [0.3, 0.4) is 0 Å². The van der Waals surface area contributed by atoms with Gasteiger partial charge in [-0.05, 0) is 72.8 Å². The number of H-pyrrole nitrogens is 2. The van der Waals surface area contributed by atoms with Gasteiger partial charge in [0.15, 0.2) is 0 Å². The van der Waals surface area contributed by atoms with Crippen LogP contribution in [-0.2, 0) is 0 Å². The number of nitrogens with zero attached hydrogens (tertiary/aromatic N) is 2. The van der Waals surface area contributed by atoms with E-state index in [4.69, 9.17) is 0 Å². The highest BCUT2D eigenvalue weighted by Gasteiger charge is 2.00. The summed E-state index contributed by atoms with van der Waals surface area (Å²) in [7, 11) is 0. The lowest BCUT2D eigenvalue weighted by Crippen LogP contribution is -1.75. The maximum absolute atomic E-state index is 4.63. The van der Waals surface area contributed by atoms with Crippen molar-refractivity contribution < 1.29 is 4.70 Å². The van der Waals surface area contributed by atoms with Crippen LogP contribution < -0.4 is 0 Å². The van der Waals surface area contributed by atoms with Gasteiger partial charge in [0.2, 0.25) is 0 Å². The highest BCUT2D eigenvalue weighted by molar-refractivity contribution is 5.77. The average molecular weight is 330 g/mol. The molecule has 5 rings (SSSR count). The lowest BCUT2D eigenvalue weighted by molar-refractivity contribution is 1.11. The van der Waals surface area contributed by atoms with E-state index in [9.17, 15) is 0 Å². The summed E-state index contributed by atoms with van der Waals surface area (Å²) in [6.45, 7) is 0. The molecule has 0 aromatic carbocycles. The van der Waals surface area contributed by atoms with Gasteiger partial charge in [-0.25, -0.2) is 9.97 Å². The second-order valence-corrected chi connectivity index (χ2v) is 5.91. The van der Waals surface area contributed by atoms with Gasteiger partial charge in [0.25, 0.3) is 0 Å². The zero-order valence-corrected chi connectivity index (χ0v) is 13.2. The zero-order chi connectivity index (χ0) is 15.9. The number of hydrogen-bond donors (Lipinski definition) is 2. The Morgan fingerprint density at radius 1 is 0.480 bits per heavy atom. The van der Waals surface area contributed by atoms with Crippen LogP contribution in [0.25, 0.3) is 46.4 Å². The Morgan fingerprint density at radius 2 is 0.760 bits per heavy atom. The SMILES string of the molecule is C1=Cc2cc3ccc(cc4nc(cc5ccc(cc1n2)[nH]5)C=C4)[nH]3.F. The first-order chi connectivity index (χ1) is 11.8. The summed E-state index contributed by atoms with van der Waals surface area (Å²) in [5, 5.41) is 0. The van der Waals surface area contributed by atoms with E-state index in [-0.39, 0.29) is 4.70 Å². The molecule has 0 spiro atoms.